The van der Waals surface area contributed by atoms with Crippen LogP contribution in [0.3, 0.4) is 0 Å². The minimum Gasteiger partial charge on any atom is -0.341 e. The second kappa shape index (κ2) is 9.50. The van der Waals surface area contributed by atoms with Crippen LogP contribution in [0.25, 0.3) is 11.4 Å². The Morgan fingerprint density at radius 2 is 1.69 bits per heavy atom. The molecule has 0 N–H and O–H groups in total. The fourth-order valence-electron chi connectivity index (χ4n) is 3.14. The molecule has 3 rings (SSSR count). The van der Waals surface area contributed by atoms with Gasteiger partial charge in [0.2, 0.25) is 17.6 Å². The molecule has 1 amide bonds. The smallest absolute Gasteiger partial charge is 0.227 e. The third-order valence-electron chi connectivity index (χ3n) is 5.13. The van der Waals surface area contributed by atoms with Gasteiger partial charge in [0.25, 0.3) is 0 Å². The topological polar surface area (TPSA) is 59.2 Å². The van der Waals surface area contributed by atoms with Crippen molar-refractivity contribution in [3.8, 4) is 11.4 Å². The van der Waals surface area contributed by atoms with E-state index >= 15 is 0 Å². The first-order valence-electron chi connectivity index (χ1n) is 10.2. The summed E-state index contributed by atoms with van der Waals surface area (Å²) in [6.45, 7) is 7.06. The van der Waals surface area contributed by atoms with Crippen molar-refractivity contribution >= 4 is 5.91 Å². The van der Waals surface area contributed by atoms with E-state index < -0.39 is 0 Å². The van der Waals surface area contributed by atoms with Crippen LogP contribution in [0.4, 0.5) is 0 Å². The predicted molar refractivity (Wildman–Crippen MR) is 114 cm³/mol. The number of hydrogen-bond donors (Lipinski definition) is 0. The second-order valence-corrected chi connectivity index (χ2v) is 7.71. The molecule has 1 heterocycles. The van der Waals surface area contributed by atoms with E-state index in [0.29, 0.717) is 37.0 Å². The summed E-state index contributed by atoms with van der Waals surface area (Å²) in [4.78, 5) is 18.6. The third kappa shape index (κ3) is 5.53. The van der Waals surface area contributed by atoms with E-state index in [-0.39, 0.29) is 5.91 Å². The zero-order chi connectivity index (χ0) is 20.8. The van der Waals surface area contributed by atoms with Gasteiger partial charge in [-0.05, 0) is 29.0 Å². The van der Waals surface area contributed by atoms with E-state index in [4.69, 9.17) is 4.52 Å². The van der Waals surface area contributed by atoms with Crippen molar-refractivity contribution in [1.82, 2.24) is 15.0 Å². The number of benzene rings is 2. The number of aromatic nitrogens is 2. The zero-order valence-corrected chi connectivity index (χ0v) is 17.7. The van der Waals surface area contributed by atoms with Crippen LogP contribution in [0.2, 0.25) is 0 Å². The van der Waals surface area contributed by atoms with E-state index in [2.05, 4.69) is 67.3 Å². The standard InChI is InChI=1S/C24H29N3O2/c1-5-18-6-8-19(9-7-18)16-27(4)23(28)15-14-22-25-24(26-29-22)21-12-10-20(11-13-21)17(2)3/h6-13,17H,5,14-16H2,1-4H3. The Kier molecular flexibility index (Phi) is 6.81. The molecule has 0 atom stereocenters. The Labute approximate surface area is 172 Å². The number of carbonyl (C=O) groups excluding carboxylic acids is 1. The van der Waals surface area contributed by atoms with Crippen LogP contribution in [-0.2, 0) is 24.2 Å². The number of rotatable bonds is 8. The van der Waals surface area contributed by atoms with Gasteiger partial charge in [0, 0.05) is 32.0 Å². The normalized spacial score (nSPS) is 11.1. The van der Waals surface area contributed by atoms with Crippen molar-refractivity contribution in [2.24, 2.45) is 0 Å². The Balaban J connectivity index is 1.53. The molecule has 0 aliphatic carbocycles. The highest BCUT2D eigenvalue weighted by Gasteiger charge is 2.14. The van der Waals surface area contributed by atoms with E-state index in [1.54, 1.807) is 4.90 Å². The minimum atomic E-state index is 0.0607. The molecule has 0 spiro atoms. The number of amides is 1. The summed E-state index contributed by atoms with van der Waals surface area (Å²) >= 11 is 0. The van der Waals surface area contributed by atoms with Crippen molar-refractivity contribution in [3.05, 3.63) is 71.1 Å². The lowest BCUT2D eigenvalue weighted by atomic mass is 10.0. The van der Waals surface area contributed by atoms with Gasteiger partial charge in [0.15, 0.2) is 0 Å². The molecule has 2 aromatic carbocycles. The van der Waals surface area contributed by atoms with Gasteiger partial charge in [0.05, 0.1) is 0 Å². The van der Waals surface area contributed by atoms with Crippen LogP contribution >= 0.6 is 0 Å². The van der Waals surface area contributed by atoms with Gasteiger partial charge >= 0.3 is 0 Å². The molecule has 29 heavy (non-hydrogen) atoms. The summed E-state index contributed by atoms with van der Waals surface area (Å²) in [5, 5.41) is 4.06. The molecule has 0 unspecified atom stereocenters. The number of nitrogens with zero attached hydrogens (tertiary/aromatic N) is 3. The van der Waals surface area contributed by atoms with Crippen molar-refractivity contribution in [1.29, 1.82) is 0 Å². The Morgan fingerprint density at radius 3 is 2.31 bits per heavy atom. The lowest BCUT2D eigenvalue weighted by molar-refractivity contribution is -0.130. The van der Waals surface area contributed by atoms with Crippen LogP contribution in [0.1, 0.15) is 55.7 Å². The summed E-state index contributed by atoms with van der Waals surface area (Å²) in [6.07, 6.45) is 1.80. The van der Waals surface area contributed by atoms with Crippen LogP contribution in [0, 0.1) is 0 Å². The molecule has 0 bridgehead atoms. The lowest BCUT2D eigenvalue weighted by Gasteiger charge is -2.17. The van der Waals surface area contributed by atoms with Gasteiger partial charge in [-0.25, -0.2) is 0 Å². The van der Waals surface area contributed by atoms with Crippen molar-refractivity contribution in [2.75, 3.05) is 7.05 Å². The summed E-state index contributed by atoms with van der Waals surface area (Å²) in [7, 11) is 1.82. The lowest BCUT2D eigenvalue weighted by Crippen LogP contribution is -2.26. The molecule has 5 heteroatoms. The van der Waals surface area contributed by atoms with Crippen LogP contribution in [0.15, 0.2) is 53.1 Å². The summed E-state index contributed by atoms with van der Waals surface area (Å²) in [5.41, 5.74) is 4.62. The van der Waals surface area contributed by atoms with Crippen molar-refractivity contribution in [2.45, 2.75) is 52.5 Å². The zero-order valence-electron chi connectivity index (χ0n) is 17.7. The predicted octanol–water partition coefficient (Wildman–Crippen LogP) is 5.01. The number of hydrogen-bond acceptors (Lipinski definition) is 4. The monoisotopic (exact) mass is 391 g/mol. The van der Waals surface area contributed by atoms with Crippen LogP contribution in [0.5, 0.6) is 0 Å². The molecular weight excluding hydrogens is 362 g/mol. The maximum absolute atomic E-state index is 12.5. The summed E-state index contributed by atoms with van der Waals surface area (Å²) in [5.74, 6) is 1.59. The van der Waals surface area contributed by atoms with Crippen molar-refractivity contribution < 1.29 is 9.32 Å². The summed E-state index contributed by atoms with van der Waals surface area (Å²) < 4.78 is 5.34. The van der Waals surface area contributed by atoms with Gasteiger partial charge in [-0.3, -0.25) is 4.79 Å². The first-order valence-corrected chi connectivity index (χ1v) is 10.2. The molecule has 152 valence electrons. The van der Waals surface area contributed by atoms with Gasteiger partial charge < -0.3 is 9.42 Å². The van der Waals surface area contributed by atoms with E-state index in [0.717, 1.165) is 17.5 Å². The fraction of sp³-hybridized carbons (Fsp3) is 0.375. The largest absolute Gasteiger partial charge is 0.341 e. The Bertz CT molecular complexity index is 928. The average molecular weight is 392 g/mol. The van der Waals surface area contributed by atoms with Crippen molar-refractivity contribution in [3.63, 3.8) is 0 Å². The molecule has 1 aromatic heterocycles. The quantitative estimate of drug-likeness (QED) is 0.541. The first-order chi connectivity index (χ1) is 14.0. The molecule has 5 nitrogen and oxygen atoms in total. The molecule has 0 aliphatic heterocycles. The molecule has 0 radical (unpaired) electrons. The van der Waals surface area contributed by atoms with E-state index in [1.807, 2.05) is 19.2 Å². The number of aryl methyl sites for hydroxylation is 2. The SMILES string of the molecule is CCc1ccc(CN(C)C(=O)CCc2nc(-c3ccc(C(C)C)cc3)no2)cc1. The molecule has 0 aliphatic rings. The number of carbonyl (C=O) groups is 1. The third-order valence-corrected chi connectivity index (χ3v) is 5.13. The first kappa shape index (κ1) is 20.8. The Morgan fingerprint density at radius 1 is 1.03 bits per heavy atom. The molecule has 3 aromatic rings. The Hall–Kier alpha value is -2.95. The van der Waals surface area contributed by atoms with Crippen LogP contribution in [-0.4, -0.2) is 28.0 Å². The molecule has 0 fully saturated rings. The highest BCUT2D eigenvalue weighted by Crippen LogP contribution is 2.21. The maximum atomic E-state index is 12.5. The highest BCUT2D eigenvalue weighted by atomic mass is 16.5. The van der Waals surface area contributed by atoms with Gasteiger partial charge in [0.1, 0.15) is 0 Å². The molecule has 0 saturated heterocycles. The maximum Gasteiger partial charge on any atom is 0.227 e. The van der Waals surface area contributed by atoms with E-state index in [9.17, 15) is 4.79 Å². The van der Waals surface area contributed by atoms with Gasteiger partial charge in [-0.15, -0.1) is 0 Å². The molecular formula is C24H29N3O2. The highest BCUT2D eigenvalue weighted by molar-refractivity contribution is 5.76. The fourth-order valence-corrected chi connectivity index (χ4v) is 3.14. The van der Waals surface area contributed by atoms with Gasteiger partial charge in [-0.2, -0.15) is 4.98 Å². The summed E-state index contributed by atoms with van der Waals surface area (Å²) in [6, 6.07) is 16.6. The molecule has 0 saturated carbocycles. The second-order valence-electron chi connectivity index (χ2n) is 7.71. The van der Waals surface area contributed by atoms with Gasteiger partial charge in [-0.1, -0.05) is 74.5 Å². The van der Waals surface area contributed by atoms with Crippen LogP contribution < -0.4 is 0 Å². The van der Waals surface area contributed by atoms with E-state index in [1.165, 1.54) is 11.1 Å². The minimum absolute atomic E-state index is 0.0607. The average Bonchev–Trinajstić information content (AvgIpc) is 3.21.